The second-order valence-corrected chi connectivity index (χ2v) is 5.67. The van der Waals surface area contributed by atoms with E-state index in [2.05, 4.69) is 0 Å². The number of anilines is 1. The van der Waals surface area contributed by atoms with Crippen LogP contribution in [0.15, 0.2) is 48.5 Å². The molecule has 2 rings (SSSR count). The first-order valence-corrected chi connectivity index (χ1v) is 7.37. The van der Waals surface area contributed by atoms with E-state index in [0.29, 0.717) is 35.1 Å². The third-order valence-electron chi connectivity index (χ3n) is 3.13. The van der Waals surface area contributed by atoms with Gasteiger partial charge in [-0.1, -0.05) is 48.1 Å². The lowest BCUT2D eigenvalue weighted by atomic mass is 10.1. The van der Waals surface area contributed by atoms with Crippen LogP contribution in [0.1, 0.15) is 12.0 Å². The van der Waals surface area contributed by atoms with Gasteiger partial charge in [0.15, 0.2) is 0 Å². The molecule has 0 aromatic heterocycles. The zero-order valence-electron chi connectivity index (χ0n) is 11.4. The Morgan fingerprint density at radius 2 is 1.90 bits per heavy atom. The number of benzene rings is 2. The molecule has 110 valence electrons. The topological polar surface area (TPSA) is 29.3 Å². The van der Waals surface area contributed by atoms with Gasteiger partial charge in [-0.3, -0.25) is 0 Å². The van der Waals surface area contributed by atoms with Crippen molar-refractivity contribution in [3.8, 4) is 0 Å². The van der Waals surface area contributed by atoms with Gasteiger partial charge in [0.25, 0.3) is 0 Å². The molecule has 0 saturated carbocycles. The second-order valence-electron chi connectivity index (χ2n) is 4.71. The maximum Gasteiger partial charge on any atom is 0.129 e. The van der Waals surface area contributed by atoms with Crippen molar-refractivity contribution >= 4 is 34.5 Å². The average Bonchev–Trinajstić information content (AvgIpc) is 2.46. The van der Waals surface area contributed by atoms with Gasteiger partial charge in [0.1, 0.15) is 5.82 Å². The number of thiocarbonyl (C=S) groups is 1. The zero-order valence-corrected chi connectivity index (χ0v) is 13.0. The van der Waals surface area contributed by atoms with E-state index in [1.165, 1.54) is 6.07 Å². The molecule has 0 heterocycles. The van der Waals surface area contributed by atoms with Crippen LogP contribution in [0, 0.1) is 5.82 Å². The number of hydrogen-bond donors (Lipinski definition) is 1. The molecule has 0 amide bonds. The number of para-hydroxylation sites is 1. The minimum Gasteiger partial charge on any atom is -0.393 e. The molecule has 0 aliphatic carbocycles. The summed E-state index contributed by atoms with van der Waals surface area (Å²) >= 11 is 10.7. The number of nitrogens with zero attached hydrogens (tertiary/aromatic N) is 1. The van der Waals surface area contributed by atoms with Crippen LogP contribution in [0.4, 0.5) is 10.1 Å². The van der Waals surface area contributed by atoms with Crippen LogP contribution in [0.3, 0.4) is 0 Å². The number of nitrogens with two attached hydrogens (primary N) is 1. The molecule has 0 atom stereocenters. The van der Waals surface area contributed by atoms with Crippen LogP contribution in [-0.2, 0) is 6.54 Å². The van der Waals surface area contributed by atoms with E-state index >= 15 is 0 Å². The highest BCUT2D eigenvalue weighted by Gasteiger charge is 2.11. The van der Waals surface area contributed by atoms with Crippen molar-refractivity contribution in [3.05, 3.63) is 64.9 Å². The summed E-state index contributed by atoms with van der Waals surface area (Å²) in [5.74, 6) is -0.307. The van der Waals surface area contributed by atoms with Gasteiger partial charge in [-0.2, -0.15) is 0 Å². The second kappa shape index (κ2) is 7.38. The third-order valence-corrected chi connectivity index (χ3v) is 3.57. The first-order valence-electron chi connectivity index (χ1n) is 6.58. The molecule has 5 heteroatoms. The molecule has 0 fully saturated rings. The van der Waals surface area contributed by atoms with Crippen LogP contribution in [0.2, 0.25) is 5.02 Å². The van der Waals surface area contributed by atoms with Crippen molar-refractivity contribution in [3.63, 3.8) is 0 Å². The van der Waals surface area contributed by atoms with E-state index in [1.807, 2.05) is 35.2 Å². The molecular formula is C16H16ClFN2S. The van der Waals surface area contributed by atoms with Gasteiger partial charge < -0.3 is 10.6 Å². The van der Waals surface area contributed by atoms with Crippen LogP contribution < -0.4 is 10.6 Å². The van der Waals surface area contributed by atoms with Crippen LogP contribution in [0.5, 0.6) is 0 Å². The van der Waals surface area contributed by atoms with Crippen molar-refractivity contribution in [2.75, 3.05) is 11.4 Å². The van der Waals surface area contributed by atoms with Gasteiger partial charge in [0, 0.05) is 35.8 Å². The lowest BCUT2D eigenvalue weighted by Crippen LogP contribution is -2.27. The normalized spacial score (nSPS) is 10.4. The molecule has 2 N–H and O–H groups in total. The molecular weight excluding hydrogens is 307 g/mol. The molecule has 0 saturated heterocycles. The van der Waals surface area contributed by atoms with Gasteiger partial charge in [-0.05, 0) is 24.3 Å². The highest BCUT2D eigenvalue weighted by molar-refractivity contribution is 7.80. The molecule has 0 spiro atoms. The lowest BCUT2D eigenvalue weighted by Gasteiger charge is -2.25. The Hall–Kier alpha value is -1.65. The van der Waals surface area contributed by atoms with Crippen molar-refractivity contribution < 1.29 is 4.39 Å². The highest BCUT2D eigenvalue weighted by Crippen LogP contribution is 2.20. The maximum absolute atomic E-state index is 14.0. The molecule has 0 unspecified atom stereocenters. The molecule has 0 aliphatic heterocycles. The Kier molecular flexibility index (Phi) is 5.53. The fourth-order valence-corrected chi connectivity index (χ4v) is 2.29. The summed E-state index contributed by atoms with van der Waals surface area (Å²) in [5.41, 5.74) is 7.17. The Labute approximate surface area is 134 Å². The summed E-state index contributed by atoms with van der Waals surface area (Å²) in [6.07, 6.45) is 0.583. The summed E-state index contributed by atoms with van der Waals surface area (Å²) in [4.78, 5) is 2.50. The fourth-order valence-electron chi connectivity index (χ4n) is 2.04. The largest absolute Gasteiger partial charge is 0.393 e. The zero-order chi connectivity index (χ0) is 15.2. The van der Waals surface area contributed by atoms with Crippen molar-refractivity contribution in [1.29, 1.82) is 0 Å². The van der Waals surface area contributed by atoms with Crippen molar-refractivity contribution in [1.82, 2.24) is 0 Å². The predicted molar refractivity (Wildman–Crippen MR) is 90.3 cm³/mol. The summed E-state index contributed by atoms with van der Waals surface area (Å²) < 4.78 is 14.0. The molecule has 0 aliphatic rings. The summed E-state index contributed by atoms with van der Waals surface area (Å²) in [7, 11) is 0. The highest BCUT2D eigenvalue weighted by atomic mass is 35.5. The van der Waals surface area contributed by atoms with E-state index < -0.39 is 0 Å². The summed E-state index contributed by atoms with van der Waals surface area (Å²) in [6, 6.07) is 14.5. The number of hydrogen-bond acceptors (Lipinski definition) is 2. The summed E-state index contributed by atoms with van der Waals surface area (Å²) in [5, 5.41) is 0.394. The van der Waals surface area contributed by atoms with E-state index in [0.717, 1.165) is 5.69 Å². The predicted octanol–water partition coefficient (Wildman–Crippen LogP) is 4.16. The van der Waals surface area contributed by atoms with E-state index in [1.54, 1.807) is 12.1 Å². The van der Waals surface area contributed by atoms with Crippen molar-refractivity contribution in [2.24, 2.45) is 5.73 Å². The Bertz CT molecular complexity index is 619. The molecule has 2 aromatic rings. The van der Waals surface area contributed by atoms with Gasteiger partial charge in [-0.25, -0.2) is 4.39 Å². The molecule has 0 radical (unpaired) electrons. The first-order chi connectivity index (χ1) is 10.1. The lowest BCUT2D eigenvalue weighted by molar-refractivity contribution is 0.604. The van der Waals surface area contributed by atoms with Crippen molar-refractivity contribution in [2.45, 2.75) is 13.0 Å². The van der Waals surface area contributed by atoms with E-state index in [9.17, 15) is 4.39 Å². The van der Waals surface area contributed by atoms with Gasteiger partial charge in [-0.15, -0.1) is 0 Å². The fraction of sp³-hybridized carbons (Fsp3) is 0.188. The van der Waals surface area contributed by atoms with Crippen LogP contribution in [0.25, 0.3) is 0 Å². The monoisotopic (exact) mass is 322 g/mol. The Morgan fingerprint density at radius 1 is 1.19 bits per heavy atom. The maximum atomic E-state index is 14.0. The molecule has 21 heavy (non-hydrogen) atoms. The SMILES string of the molecule is NC(=S)CCN(Cc1ccc(Cl)cc1F)c1ccccc1. The van der Waals surface area contributed by atoms with Gasteiger partial charge in [0.05, 0.1) is 4.99 Å². The standard InChI is InChI=1S/C16H16ClFN2S/c17-13-7-6-12(15(18)10-13)11-20(9-8-16(19)21)14-4-2-1-3-5-14/h1-7,10H,8-9,11H2,(H2,19,21). The molecule has 0 bridgehead atoms. The van der Waals surface area contributed by atoms with E-state index in [4.69, 9.17) is 29.6 Å². The minimum absolute atomic E-state index is 0.307. The van der Waals surface area contributed by atoms with Crippen LogP contribution in [-0.4, -0.2) is 11.5 Å². The Balaban J connectivity index is 2.21. The van der Waals surface area contributed by atoms with Gasteiger partial charge in [0.2, 0.25) is 0 Å². The summed E-state index contributed by atoms with van der Waals surface area (Å²) in [6.45, 7) is 1.08. The molecule has 2 nitrogen and oxygen atoms in total. The van der Waals surface area contributed by atoms with Gasteiger partial charge >= 0.3 is 0 Å². The minimum atomic E-state index is -0.307. The number of halogens is 2. The number of rotatable bonds is 6. The quantitative estimate of drug-likeness (QED) is 0.810. The van der Waals surface area contributed by atoms with E-state index in [-0.39, 0.29) is 5.82 Å². The Morgan fingerprint density at radius 3 is 2.52 bits per heavy atom. The first kappa shape index (κ1) is 15.7. The van der Waals surface area contributed by atoms with Crippen LogP contribution >= 0.6 is 23.8 Å². The third kappa shape index (κ3) is 4.69. The molecule has 2 aromatic carbocycles. The smallest absolute Gasteiger partial charge is 0.129 e. The average molecular weight is 323 g/mol.